The van der Waals surface area contributed by atoms with Crippen molar-refractivity contribution in [2.24, 2.45) is 0 Å². The van der Waals surface area contributed by atoms with Crippen LogP contribution in [0.1, 0.15) is 12.6 Å². The second-order valence-electron chi connectivity index (χ2n) is 4.91. The van der Waals surface area contributed by atoms with E-state index in [2.05, 4.69) is 15.1 Å². The van der Waals surface area contributed by atoms with E-state index in [0.717, 1.165) is 0 Å². The Hall–Kier alpha value is -2.10. The fourth-order valence-corrected chi connectivity index (χ4v) is 2.51. The molecule has 1 aliphatic heterocycles. The van der Waals surface area contributed by atoms with E-state index < -0.39 is 11.9 Å². The summed E-state index contributed by atoms with van der Waals surface area (Å²) in [5, 5.41) is 3.94. The van der Waals surface area contributed by atoms with Gasteiger partial charge in [-0.05, 0) is 6.07 Å². The normalized spacial score (nSPS) is 24.7. The molecule has 9 nitrogen and oxygen atoms in total. The Bertz CT molecular complexity index is 671. The summed E-state index contributed by atoms with van der Waals surface area (Å²) in [5.41, 5.74) is -0.411. The topological polar surface area (TPSA) is 93.3 Å². The minimum absolute atomic E-state index is 0.119. The van der Waals surface area contributed by atoms with Gasteiger partial charge in [-0.2, -0.15) is 10.1 Å². The first kappa shape index (κ1) is 14.8. The van der Waals surface area contributed by atoms with Crippen LogP contribution in [0.2, 0.25) is 0 Å². The molecule has 0 bridgehead atoms. The minimum atomic E-state index is -0.421. The van der Waals surface area contributed by atoms with Gasteiger partial charge < -0.3 is 14.2 Å². The molecule has 1 fully saturated rings. The molecule has 1 aliphatic rings. The molecule has 0 aliphatic carbocycles. The predicted molar refractivity (Wildman–Crippen MR) is 74.6 cm³/mol. The molecular formula is C13H17N5O4. The maximum atomic E-state index is 12.2. The number of aromatic nitrogens is 5. The molecular weight excluding hydrogens is 290 g/mol. The summed E-state index contributed by atoms with van der Waals surface area (Å²) in [6.45, 7) is 0.411. The second-order valence-corrected chi connectivity index (χ2v) is 4.91. The Labute approximate surface area is 126 Å². The lowest BCUT2D eigenvalue weighted by atomic mass is 10.2. The Kier molecular flexibility index (Phi) is 4.27. The molecule has 3 heterocycles. The molecule has 0 radical (unpaired) electrons. The zero-order chi connectivity index (χ0) is 15.5. The van der Waals surface area contributed by atoms with Crippen molar-refractivity contribution in [3.8, 4) is 5.82 Å². The van der Waals surface area contributed by atoms with Gasteiger partial charge in [0.15, 0.2) is 5.82 Å². The molecule has 118 valence electrons. The van der Waals surface area contributed by atoms with Gasteiger partial charge in [-0.15, -0.1) is 0 Å². The maximum absolute atomic E-state index is 12.2. The van der Waals surface area contributed by atoms with E-state index in [0.29, 0.717) is 18.8 Å². The largest absolute Gasteiger partial charge is 0.382 e. The third-order valence-electron chi connectivity index (χ3n) is 3.59. The molecule has 22 heavy (non-hydrogen) atoms. The highest BCUT2D eigenvalue weighted by Crippen LogP contribution is 2.29. The Morgan fingerprint density at radius 1 is 1.45 bits per heavy atom. The van der Waals surface area contributed by atoms with Crippen molar-refractivity contribution < 1.29 is 14.2 Å². The molecule has 3 atom stereocenters. The van der Waals surface area contributed by atoms with Crippen LogP contribution in [-0.4, -0.2) is 57.3 Å². The van der Waals surface area contributed by atoms with E-state index >= 15 is 0 Å². The summed E-state index contributed by atoms with van der Waals surface area (Å²) in [4.78, 5) is 20.0. The van der Waals surface area contributed by atoms with Crippen molar-refractivity contribution in [1.29, 1.82) is 0 Å². The van der Waals surface area contributed by atoms with Crippen LogP contribution in [0.15, 0.2) is 29.7 Å². The van der Waals surface area contributed by atoms with Gasteiger partial charge in [0.25, 0.3) is 0 Å². The third kappa shape index (κ3) is 2.78. The summed E-state index contributed by atoms with van der Waals surface area (Å²) < 4.78 is 19.2. The van der Waals surface area contributed by atoms with Crippen LogP contribution in [0, 0.1) is 0 Å². The van der Waals surface area contributed by atoms with Crippen LogP contribution in [-0.2, 0) is 14.2 Å². The van der Waals surface area contributed by atoms with Crippen molar-refractivity contribution in [2.75, 3.05) is 20.8 Å². The highest BCUT2D eigenvalue weighted by atomic mass is 16.6. The van der Waals surface area contributed by atoms with Crippen molar-refractivity contribution in [1.82, 2.24) is 24.3 Å². The third-order valence-corrected chi connectivity index (χ3v) is 3.59. The van der Waals surface area contributed by atoms with E-state index in [4.69, 9.17) is 14.2 Å². The van der Waals surface area contributed by atoms with Gasteiger partial charge in [-0.25, -0.2) is 14.5 Å². The molecule has 2 aromatic rings. The lowest BCUT2D eigenvalue weighted by Gasteiger charge is -2.16. The molecule has 0 aromatic carbocycles. The van der Waals surface area contributed by atoms with Crippen LogP contribution >= 0.6 is 0 Å². The van der Waals surface area contributed by atoms with Crippen molar-refractivity contribution in [3.63, 3.8) is 0 Å². The first-order chi connectivity index (χ1) is 10.7. The van der Waals surface area contributed by atoms with Crippen LogP contribution in [0.3, 0.4) is 0 Å². The van der Waals surface area contributed by atoms with E-state index in [1.54, 1.807) is 26.5 Å². The first-order valence-electron chi connectivity index (χ1n) is 6.84. The average molecular weight is 307 g/mol. The molecule has 0 N–H and O–H groups in total. The van der Waals surface area contributed by atoms with Crippen molar-refractivity contribution in [2.45, 2.75) is 24.9 Å². The van der Waals surface area contributed by atoms with Crippen molar-refractivity contribution >= 4 is 0 Å². The summed E-state index contributed by atoms with van der Waals surface area (Å²) in [5.74, 6) is 0.411. The van der Waals surface area contributed by atoms with Crippen molar-refractivity contribution in [3.05, 3.63) is 35.4 Å². The molecule has 0 spiro atoms. The summed E-state index contributed by atoms with van der Waals surface area (Å²) in [6.07, 6.45) is 4.32. The summed E-state index contributed by atoms with van der Waals surface area (Å²) in [6, 6.07) is 1.69. The SMILES string of the molecule is COC[C@H]1O[C@@H](n2ccc(-n3cncn3)nc2=O)CC1OC. The van der Waals surface area contributed by atoms with Gasteiger partial charge in [-0.3, -0.25) is 4.57 Å². The highest BCUT2D eigenvalue weighted by molar-refractivity contribution is 5.16. The summed E-state index contributed by atoms with van der Waals surface area (Å²) >= 11 is 0. The number of ether oxygens (including phenoxy) is 3. The van der Waals surface area contributed by atoms with Gasteiger partial charge in [0.1, 0.15) is 25.0 Å². The lowest BCUT2D eigenvalue weighted by Crippen LogP contribution is -2.29. The highest BCUT2D eigenvalue weighted by Gasteiger charge is 2.36. The smallest absolute Gasteiger partial charge is 0.351 e. The Morgan fingerprint density at radius 3 is 2.95 bits per heavy atom. The van der Waals surface area contributed by atoms with E-state index in [9.17, 15) is 4.79 Å². The number of methoxy groups -OCH3 is 2. The van der Waals surface area contributed by atoms with Crippen LogP contribution in [0.25, 0.3) is 5.82 Å². The Morgan fingerprint density at radius 2 is 2.32 bits per heavy atom. The van der Waals surface area contributed by atoms with Crippen LogP contribution in [0.4, 0.5) is 0 Å². The van der Waals surface area contributed by atoms with Gasteiger partial charge in [0.05, 0.1) is 12.7 Å². The molecule has 0 amide bonds. The zero-order valence-corrected chi connectivity index (χ0v) is 12.3. The number of rotatable bonds is 5. The van der Waals surface area contributed by atoms with Gasteiger partial charge in [0.2, 0.25) is 0 Å². The molecule has 3 rings (SSSR count). The number of hydrogen-bond donors (Lipinski definition) is 0. The standard InChI is InChI=1S/C13H17N5O4/c1-20-6-10-9(21-2)5-12(22-10)17-4-3-11(16-13(17)19)18-8-14-7-15-18/h3-4,7-10,12H,5-6H2,1-2H3/t9?,10-,12-/m1/s1. The predicted octanol–water partition coefficient (Wildman–Crippen LogP) is -0.227. The number of nitrogens with zero attached hydrogens (tertiary/aromatic N) is 5. The van der Waals surface area contributed by atoms with Gasteiger partial charge in [0, 0.05) is 26.8 Å². The fraction of sp³-hybridized carbons (Fsp3) is 0.538. The van der Waals surface area contributed by atoms with Gasteiger partial charge in [-0.1, -0.05) is 0 Å². The molecule has 1 unspecified atom stereocenters. The molecule has 9 heteroatoms. The molecule has 0 saturated carbocycles. The van der Waals surface area contributed by atoms with E-state index in [-0.39, 0.29) is 12.2 Å². The first-order valence-corrected chi connectivity index (χ1v) is 6.84. The minimum Gasteiger partial charge on any atom is -0.382 e. The van der Waals surface area contributed by atoms with E-state index in [1.807, 2.05) is 0 Å². The van der Waals surface area contributed by atoms with E-state index in [1.165, 1.54) is 21.9 Å². The molecule has 1 saturated heterocycles. The lowest BCUT2D eigenvalue weighted by molar-refractivity contribution is -0.0617. The fourth-order valence-electron chi connectivity index (χ4n) is 2.51. The zero-order valence-electron chi connectivity index (χ0n) is 12.3. The summed E-state index contributed by atoms with van der Waals surface area (Å²) in [7, 11) is 3.22. The van der Waals surface area contributed by atoms with Crippen LogP contribution in [0.5, 0.6) is 0 Å². The Balaban J connectivity index is 1.82. The second kappa shape index (κ2) is 6.34. The molecule has 2 aromatic heterocycles. The maximum Gasteiger partial charge on any atom is 0.351 e. The quantitative estimate of drug-likeness (QED) is 0.753. The average Bonchev–Trinajstić information content (AvgIpc) is 3.17. The monoisotopic (exact) mass is 307 g/mol. The van der Waals surface area contributed by atoms with Gasteiger partial charge >= 0.3 is 5.69 Å². The number of hydrogen-bond acceptors (Lipinski definition) is 7. The van der Waals surface area contributed by atoms with Crippen LogP contribution < -0.4 is 5.69 Å².